The van der Waals surface area contributed by atoms with Crippen LogP contribution in [0.1, 0.15) is 0 Å². The van der Waals surface area contributed by atoms with E-state index in [1.165, 1.54) is 19.2 Å². The third-order valence-corrected chi connectivity index (χ3v) is 2.09. The fourth-order valence-corrected chi connectivity index (χ4v) is 1.31. The Bertz CT molecular complexity index is 524. The molecule has 2 heterocycles. The van der Waals surface area contributed by atoms with Crippen LogP contribution >= 0.6 is 0 Å². The number of rotatable bonds is 4. The third-order valence-electron chi connectivity index (χ3n) is 2.09. The number of pyridine rings is 1. The lowest BCUT2D eigenvalue weighted by Crippen LogP contribution is -2.10. The Hall–Kier alpha value is -2.57. The van der Waals surface area contributed by atoms with Gasteiger partial charge in [-0.15, -0.1) is 0 Å². The van der Waals surface area contributed by atoms with Crippen LogP contribution in [0.3, 0.4) is 0 Å². The van der Waals surface area contributed by atoms with Crippen molar-refractivity contribution in [3.05, 3.63) is 46.8 Å². The van der Waals surface area contributed by atoms with Gasteiger partial charge >= 0.3 is 5.69 Å². The number of aromatic nitrogens is 2. The number of hydrogen-bond donors (Lipinski definition) is 1. The largest absolute Gasteiger partial charge is 0.481 e. The molecular weight excluding hydrogens is 224 g/mol. The molecule has 2 aromatic heterocycles. The van der Waals surface area contributed by atoms with Gasteiger partial charge in [0.25, 0.3) is 0 Å². The van der Waals surface area contributed by atoms with Crippen LogP contribution in [0.15, 0.2) is 36.7 Å². The summed E-state index contributed by atoms with van der Waals surface area (Å²) in [5.74, 6) is 0.441. The summed E-state index contributed by atoms with van der Waals surface area (Å²) in [7, 11) is 1.45. The molecule has 17 heavy (non-hydrogen) atoms. The first kappa shape index (κ1) is 10.9. The van der Waals surface area contributed by atoms with E-state index >= 15 is 0 Å². The number of hydrogen-bond acceptors (Lipinski definition) is 5. The molecule has 0 bridgehead atoms. The zero-order valence-corrected chi connectivity index (χ0v) is 9.03. The molecule has 7 heteroatoms. The summed E-state index contributed by atoms with van der Waals surface area (Å²) in [5, 5.41) is 10.8. The average Bonchev–Trinajstić information content (AvgIpc) is 2.81. The molecule has 0 spiro atoms. The van der Waals surface area contributed by atoms with E-state index in [2.05, 4.69) is 10.4 Å². The maximum absolute atomic E-state index is 10.8. The molecule has 0 fully saturated rings. The number of nitro groups is 1. The van der Waals surface area contributed by atoms with Crippen molar-refractivity contribution in [3.8, 4) is 5.88 Å². The molecule has 0 aliphatic heterocycles. The van der Waals surface area contributed by atoms with E-state index in [0.717, 1.165) is 0 Å². The Morgan fingerprint density at radius 1 is 1.41 bits per heavy atom. The highest BCUT2D eigenvalue weighted by Crippen LogP contribution is 2.24. The van der Waals surface area contributed by atoms with Crippen molar-refractivity contribution in [3.63, 3.8) is 0 Å². The molecule has 2 rings (SSSR count). The number of anilines is 1. The van der Waals surface area contributed by atoms with E-state index in [1.807, 2.05) is 0 Å². The molecule has 0 aliphatic carbocycles. The van der Waals surface area contributed by atoms with E-state index in [9.17, 15) is 10.1 Å². The number of nitrogens with zero attached hydrogens (tertiary/aromatic N) is 3. The first-order chi connectivity index (χ1) is 8.20. The lowest BCUT2D eigenvalue weighted by molar-refractivity contribution is -0.384. The van der Waals surface area contributed by atoms with Crippen molar-refractivity contribution in [2.45, 2.75) is 0 Å². The first-order valence-electron chi connectivity index (χ1n) is 4.80. The molecule has 0 saturated heterocycles. The quantitative estimate of drug-likeness (QED) is 0.642. The van der Waals surface area contributed by atoms with Gasteiger partial charge in [0.15, 0.2) is 0 Å². The van der Waals surface area contributed by atoms with Gasteiger partial charge in [0, 0.05) is 24.5 Å². The zero-order chi connectivity index (χ0) is 12.3. The highest BCUT2D eigenvalue weighted by atomic mass is 16.6. The van der Waals surface area contributed by atoms with Crippen LogP contribution in [0.25, 0.3) is 0 Å². The van der Waals surface area contributed by atoms with Crippen LogP contribution in [-0.4, -0.2) is 21.7 Å². The Labute approximate surface area is 96.8 Å². The van der Waals surface area contributed by atoms with E-state index < -0.39 is 4.92 Å². The zero-order valence-electron chi connectivity index (χ0n) is 9.03. The second kappa shape index (κ2) is 4.52. The van der Waals surface area contributed by atoms with E-state index in [1.54, 1.807) is 29.2 Å². The lowest BCUT2D eigenvalue weighted by atomic mass is 10.4. The number of methoxy groups -OCH3 is 1. The minimum atomic E-state index is -0.502. The standard InChI is InChI=1S/C10H10N4O3/c1-17-9-5-4-8(14(15)16)10(11-9)12-13-6-2-3-7-13/h2-7H,1H3,(H,11,12). The van der Waals surface area contributed by atoms with Gasteiger partial charge < -0.3 is 4.74 Å². The van der Waals surface area contributed by atoms with Crippen LogP contribution in [0, 0.1) is 10.1 Å². The summed E-state index contributed by atoms with van der Waals surface area (Å²) in [6, 6.07) is 6.37. The molecule has 0 radical (unpaired) electrons. The van der Waals surface area contributed by atoms with Crippen LogP contribution < -0.4 is 10.2 Å². The Balaban J connectivity index is 2.38. The van der Waals surface area contributed by atoms with Crippen LogP contribution in [0.2, 0.25) is 0 Å². The number of nitrogens with one attached hydrogen (secondary N) is 1. The average molecular weight is 234 g/mol. The summed E-state index contributed by atoms with van der Waals surface area (Å²) in [6.45, 7) is 0. The number of ether oxygens (including phenoxy) is 1. The molecule has 2 aromatic rings. The Morgan fingerprint density at radius 3 is 2.71 bits per heavy atom. The maximum atomic E-state index is 10.8. The van der Waals surface area contributed by atoms with Gasteiger partial charge in [-0.2, -0.15) is 4.98 Å². The molecular formula is C10H10N4O3. The van der Waals surface area contributed by atoms with Crippen molar-refractivity contribution >= 4 is 11.5 Å². The van der Waals surface area contributed by atoms with Gasteiger partial charge in [-0.1, -0.05) is 0 Å². The van der Waals surface area contributed by atoms with Crippen molar-refractivity contribution in [1.29, 1.82) is 0 Å². The third kappa shape index (κ3) is 2.33. The van der Waals surface area contributed by atoms with E-state index in [-0.39, 0.29) is 11.5 Å². The monoisotopic (exact) mass is 234 g/mol. The van der Waals surface area contributed by atoms with Crippen molar-refractivity contribution < 1.29 is 9.66 Å². The van der Waals surface area contributed by atoms with Crippen LogP contribution in [0.5, 0.6) is 5.88 Å². The molecule has 0 aliphatic rings. The van der Waals surface area contributed by atoms with Gasteiger partial charge in [-0.3, -0.25) is 20.2 Å². The molecule has 0 unspecified atom stereocenters. The topological polar surface area (TPSA) is 82.2 Å². The summed E-state index contributed by atoms with van der Waals surface area (Å²) in [6.07, 6.45) is 3.43. The SMILES string of the molecule is COc1ccc([N+](=O)[O-])c(Nn2cccc2)n1. The molecule has 0 amide bonds. The second-order valence-corrected chi connectivity index (χ2v) is 3.18. The predicted molar refractivity (Wildman–Crippen MR) is 60.9 cm³/mol. The van der Waals surface area contributed by atoms with Gasteiger partial charge in [0.05, 0.1) is 12.0 Å². The fourth-order valence-electron chi connectivity index (χ4n) is 1.31. The van der Waals surface area contributed by atoms with Gasteiger partial charge in [-0.05, 0) is 12.1 Å². The summed E-state index contributed by atoms with van der Waals surface area (Å²) in [4.78, 5) is 14.3. The molecule has 88 valence electrons. The van der Waals surface area contributed by atoms with Gasteiger partial charge in [0.2, 0.25) is 11.7 Å². The molecule has 1 N–H and O–H groups in total. The van der Waals surface area contributed by atoms with E-state index in [0.29, 0.717) is 5.88 Å². The molecule has 7 nitrogen and oxygen atoms in total. The first-order valence-corrected chi connectivity index (χ1v) is 4.80. The second-order valence-electron chi connectivity index (χ2n) is 3.18. The minimum Gasteiger partial charge on any atom is -0.481 e. The summed E-state index contributed by atoms with van der Waals surface area (Å²) >= 11 is 0. The smallest absolute Gasteiger partial charge is 0.313 e. The maximum Gasteiger partial charge on any atom is 0.313 e. The Kier molecular flexibility index (Phi) is 2.91. The van der Waals surface area contributed by atoms with Gasteiger partial charge in [0.1, 0.15) is 0 Å². The summed E-state index contributed by atoms with van der Waals surface area (Å²) < 4.78 is 6.49. The predicted octanol–water partition coefficient (Wildman–Crippen LogP) is 1.68. The van der Waals surface area contributed by atoms with Crippen molar-refractivity contribution in [2.75, 3.05) is 12.5 Å². The van der Waals surface area contributed by atoms with Crippen LogP contribution in [0.4, 0.5) is 11.5 Å². The normalized spacial score (nSPS) is 9.94. The van der Waals surface area contributed by atoms with E-state index in [4.69, 9.17) is 4.74 Å². The minimum absolute atomic E-state index is 0.112. The van der Waals surface area contributed by atoms with Gasteiger partial charge in [-0.25, -0.2) is 0 Å². The highest BCUT2D eigenvalue weighted by Gasteiger charge is 2.16. The molecule has 0 aromatic carbocycles. The van der Waals surface area contributed by atoms with Crippen molar-refractivity contribution in [2.24, 2.45) is 0 Å². The fraction of sp³-hybridized carbons (Fsp3) is 0.100. The molecule has 0 atom stereocenters. The summed E-state index contributed by atoms with van der Waals surface area (Å²) in [5.41, 5.74) is 2.68. The molecule has 0 saturated carbocycles. The van der Waals surface area contributed by atoms with Crippen LogP contribution in [-0.2, 0) is 0 Å². The lowest BCUT2D eigenvalue weighted by Gasteiger charge is -2.08. The Morgan fingerprint density at radius 2 is 2.12 bits per heavy atom. The highest BCUT2D eigenvalue weighted by molar-refractivity contribution is 5.56. The van der Waals surface area contributed by atoms with Crippen molar-refractivity contribution in [1.82, 2.24) is 9.66 Å².